The zero-order valence-corrected chi connectivity index (χ0v) is 7.53. The number of carbonyl (C=O) groups is 1. The van der Waals surface area contributed by atoms with E-state index in [1.165, 1.54) is 4.68 Å². The average Bonchev–Trinajstić information content (AvgIpc) is 2.52. The number of hydrogen-bond acceptors (Lipinski definition) is 3. The second-order valence-electron chi connectivity index (χ2n) is 2.39. The fraction of sp³-hybridized carbons (Fsp3) is 0.375. The third-order valence-corrected chi connectivity index (χ3v) is 1.35. The van der Waals surface area contributed by atoms with Gasteiger partial charge in [-0.3, -0.25) is 9.48 Å². The summed E-state index contributed by atoms with van der Waals surface area (Å²) in [4.78, 5) is 11.2. The van der Waals surface area contributed by atoms with Crippen molar-refractivity contribution < 1.29 is 4.79 Å². The van der Waals surface area contributed by atoms with Crippen LogP contribution in [0.2, 0.25) is 0 Å². The summed E-state index contributed by atoms with van der Waals surface area (Å²) in [5.74, 6) is 5.14. The minimum absolute atomic E-state index is 0.254. The Kier molecular flexibility index (Phi) is 3.03. The molecule has 0 spiro atoms. The van der Waals surface area contributed by atoms with Gasteiger partial charge in [-0.2, -0.15) is 0 Å². The van der Waals surface area contributed by atoms with Crippen molar-refractivity contribution in [2.45, 2.75) is 6.92 Å². The van der Waals surface area contributed by atoms with Crippen LogP contribution in [0.5, 0.6) is 0 Å². The first-order valence-electron chi connectivity index (χ1n) is 3.78. The lowest BCUT2D eigenvalue weighted by molar-refractivity contribution is 0.0953. The number of hydrogen-bond donors (Lipinski definition) is 1. The van der Waals surface area contributed by atoms with Crippen LogP contribution in [0.15, 0.2) is 6.20 Å². The van der Waals surface area contributed by atoms with E-state index in [0.29, 0.717) is 12.2 Å². The lowest BCUT2D eigenvalue weighted by Crippen LogP contribution is -2.23. The smallest absolute Gasteiger partial charge is 0.274 e. The van der Waals surface area contributed by atoms with Crippen molar-refractivity contribution in [1.82, 2.24) is 20.3 Å². The summed E-state index contributed by atoms with van der Waals surface area (Å²) in [6, 6.07) is 0. The topological polar surface area (TPSA) is 59.8 Å². The third kappa shape index (κ3) is 2.60. The molecule has 68 valence electrons. The van der Waals surface area contributed by atoms with Crippen LogP contribution in [0.3, 0.4) is 0 Å². The zero-order valence-electron chi connectivity index (χ0n) is 7.53. The Bertz CT molecular complexity index is 358. The minimum atomic E-state index is -0.254. The number of rotatable bonds is 2. The monoisotopic (exact) mass is 178 g/mol. The molecule has 0 aliphatic rings. The molecule has 0 radical (unpaired) electrons. The molecule has 5 nitrogen and oxygen atoms in total. The Labute approximate surface area is 76.1 Å². The maximum absolute atomic E-state index is 11.2. The van der Waals surface area contributed by atoms with Crippen molar-refractivity contribution in [1.29, 1.82) is 0 Å². The van der Waals surface area contributed by atoms with Crippen molar-refractivity contribution in [2.24, 2.45) is 7.05 Å². The molecule has 0 aliphatic carbocycles. The predicted molar refractivity (Wildman–Crippen MR) is 46.8 cm³/mol. The summed E-state index contributed by atoms with van der Waals surface area (Å²) < 4.78 is 1.47. The largest absolute Gasteiger partial charge is 0.340 e. The summed E-state index contributed by atoms with van der Waals surface area (Å²) >= 11 is 0. The maximum Gasteiger partial charge on any atom is 0.274 e. The Morgan fingerprint density at radius 1 is 1.77 bits per heavy atom. The van der Waals surface area contributed by atoms with E-state index in [1.807, 2.05) is 0 Å². The van der Waals surface area contributed by atoms with E-state index in [9.17, 15) is 4.79 Å². The van der Waals surface area contributed by atoms with Gasteiger partial charge in [0, 0.05) is 7.05 Å². The molecule has 0 unspecified atom stereocenters. The molecule has 1 aromatic heterocycles. The molecule has 0 aliphatic heterocycles. The molecule has 0 atom stereocenters. The lowest BCUT2D eigenvalue weighted by Gasteiger charge is -1.94. The molecule has 1 aromatic rings. The molecule has 0 saturated carbocycles. The van der Waals surface area contributed by atoms with Gasteiger partial charge in [-0.15, -0.1) is 11.0 Å². The number of amides is 1. The lowest BCUT2D eigenvalue weighted by atomic mass is 10.4. The van der Waals surface area contributed by atoms with Crippen LogP contribution in [0, 0.1) is 11.8 Å². The molecular weight excluding hydrogens is 168 g/mol. The zero-order chi connectivity index (χ0) is 9.68. The van der Waals surface area contributed by atoms with Crippen LogP contribution in [0.4, 0.5) is 0 Å². The van der Waals surface area contributed by atoms with Crippen molar-refractivity contribution >= 4 is 5.91 Å². The van der Waals surface area contributed by atoms with E-state index >= 15 is 0 Å². The van der Waals surface area contributed by atoms with Gasteiger partial charge in [-0.05, 0) is 6.92 Å². The average molecular weight is 178 g/mol. The summed E-state index contributed by atoms with van der Waals surface area (Å²) in [6.07, 6.45) is 1.55. The Morgan fingerprint density at radius 3 is 3.08 bits per heavy atom. The highest BCUT2D eigenvalue weighted by Gasteiger charge is 2.07. The first kappa shape index (κ1) is 9.26. The van der Waals surface area contributed by atoms with Gasteiger partial charge < -0.3 is 5.32 Å². The first-order valence-corrected chi connectivity index (χ1v) is 3.78. The maximum atomic E-state index is 11.2. The quantitative estimate of drug-likeness (QED) is 0.625. The number of carbonyl (C=O) groups excluding carboxylic acids is 1. The van der Waals surface area contributed by atoms with Crippen molar-refractivity contribution in [3.05, 3.63) is 11.9 Å². The highest BCUT2D eigenvalue weighted by molar-refractivity contribution is 5.91. The van der Waals surface area contributed by atoms with Crippen molar-refractivity contribution in [3.63, 3.8) is 0 Å². The van der Waals surface area contributed by atoms with E-state index in [2.05, 4.69) is 27.5 Å². The van der Waals surface area contributed by atoms with Crippen LogP contribution in [0.25, 0.3) is 0 Å². The summed E-state index contributed by atoms with van der Waals surface area (Å²) in [5.41, 5.74) is 0.306. The van der Waals surface area contributed by atoms with E-state index in [1.54, 1.807) is 20.2 Å². The van der Waals surface area contributed by atoms with Crippen LogP contribution >= 0.6 is 0 Å². The van der Waals surface area contributed by atoms with Gasteiger partial charge in [-0.1, -0.05) is 11.1 Å². The van der Waals surface area contributed by atoms with E-state index in [4.69, 9.17) is 0 Å². The van der Waals surface area contributed by atoms with Gasteiger partial charge >= 0.3 is 0 Å². The second kappa shape index (κ2) is 4.26. The Hall–Kier alpha value is -1.83. The van der Waals surface area contributed by atoms with Crippen LogP contribution in [-0.2, 0) is 7.05 Å². The van der Waals surface area contributed by atoms with Gasteiger partial charge in [0.15, 0.2) is 5.69 Å². The second-order valence-corrected chi connectivity index (χ2v) is 2.39. The van der Waals surface area contributed by atoms with Gasteiger partial charge in [-0.25, -0.2) is 0 Å². The molecule has 1 amide bonds. The number of nitrogens with one attached hydrogen (secondary N) is 1. The number of aromatic nitrogens is 3. The molecule has 0 saturated heterocycles. The summed E-state index contributed by atoms with van der Waals surface area (Å²) in [7, 11) is 1.70. The third-order valence-electron chi connectivity index (χ3n) is 1.35. The Balaban J connectivity index is 2.52. The van der Waals surface area contributed by atoms with Gasteiger partial charge in [0.1, 0.15) is 0 Å². The molecule has 13 heavy (non-hydrogen) atoms. The molecule has 0 bridgehead atoms. The van der Waals surface area contributed by atoms with Crippen molar-refractivity contribution in [2.75, 3.05) is 6.54 Å². The number of nitrogens with zero attached hydrogens (tertiary/aromatic N) is 3. The molecule has 1 rings (SSSR count). The van der Waals surface area contributed by atoms with Gasteiger partial charge in [0.25, 0.3) is 5.91 Å². The standard InChI is InChI=1S/C8H10N4O/c1-3-4-5-9-8(13)7-6-12(2)11-10-7/h6H,5H2,1-2H3,(H,9,13). The summed E-state index contributed by atoms with van der Waals surface area (Å²) in [5, 5.41) is 9.87. The fourth-order valence-electron chi connectivity index (χ4n) is 0.755. The van der Waals surface area contributed by atoms with E-state index in [-0.39, 0.29) is 5.91 Å². The molecule has 5 heteroatoms. The molecule has 1 heterocycles. The Morgan fingerprint density at radius 2 is 2.54 bits per heavy atom. The highest BCUT2D eigenvalue weighted by atomic mass is 16.1. The molecular formula is C8H10N4O. The molecule has 0 aromatic carbocycles. The fourth-order valence-corrected chi connectivity index (χ4v) is 0.755. The highest BCUT2D eigenvalue weighted by Crippen LogP contribution is 1.89. The van der Waals surface area contributed by atoms with Crippen LogP contribution in [-0.4, -0.2) is 27.4 Å². The molecule has 0 fully saturated rings. The van der Waals surface area contributed by atoms with E-state index < -0.39 is 0 Å². The van der Waals surface area contributed by atoms with Gasteiger partial charge in [0.05, 0.1) is 12.7 Å². The minimum Gasteiger partial charge on any atom is -0.340 e. The van der Waals surface area contributed by atoms with Crippen LogP contribution in [0.1, 0.15) is 17.4 Å². The van der Waals surface area contributed by atoms with Crippen molar-refractivity contribution in [3.8, 4) is 11.8 Å². The molecule has 1 N–H and O–H groups in total. The van der Waals surface area contributed by atoms with Crippen LogP contribution < -0.4 is 5.32 Å². The number of aryl methyl sites for hydroxylation is 1. The first-order chi connectivity index (χ1) is 6.24. The SMILES string of the molecule is CC#CCNC(=O)c1cn(C)nn1. The predicted octanol–water partition coefficient (Wildman–Crippen LogP) is -0.432. The van der Waals surface area contributed by atoms with Gasteiger partial charge in [0.2, 0.25) is 0 Å². The van der Waals surface area contributed by atoms with E-state index in [0.717, 1.165) is 0 Å². The summed E-state index contributed by atoms with van der Waals surface area (Å²) in [6.45, 7) is 2.06. The normalized spacial score (nSPS) is 8.77.